The summed E-state index contributed by atoms with van der Waals surface area (Å²) in [5, 5.41) is 11.0. The van der Waals surface area contributed by atoms with E-state index in [-0.39, 0.29) is 4.90 Å². The Morgan fingerprint density at radius 1 is 1.19 bits per heavy atom. The van der Waals surface area contributed by atoms with Gasteiger partial charge in [0.1, 0.15) is 6.07 Å². The quantitative estimate of drug-likeness (QED) is 0.711. The molecule has 26 heavy (non-hydrogen) atoms. The summed E-state index contributed by atoms with van der Waals surface area (Å²) in [6, 6.07) is 15.2. The third kappa shape index (κ3) is 3.21. The number of rotatable bonds is 5. The van der Waals surface area contributed by atoms with Crippen molar-refractivity contribution >= 4 is 32.5 Å². The van der Waals surface area contributed by atoms with Gasteiger partial charge in [0, 0.05) is 22.5 Å². The molecule has 5 nitrogen and oxygen atoms in total. The summed E-state index contributed by atoms with van der Waals surface area (Å²) in [6.45, 7) is 4.34. The summed E-state index contributed by atoms with van der Waals surface area (Å²) >= 11 is 5.83. The minimum Gasteiger partial charge on any atom is -0.342 e. The van der Waals surface area contributed by atoms with Crippen LogP contribution in [-0.2, 0) is 16.6 Å². The van der Waals surface area contributed by atoms with Gasteiger partial charge in [-0.15, -0.1) is 0 Å². The molecule has 0 saturated heterocycles. The molecule has 7 heteroatoms. The van der Waals surface area contributed by atoms with Gasteiger partial charge in [0.15, 0.2) is 0 Å². The highest BCUT2D eigenvalue weighted by Crippen LogP contribution is 2.30. The fraction of sp³-hybridized carbons (Fsp3) is 0.211. The molecule has 0 fully saturated rings. The van der Waals surface area contributed by atoms with E-state index in [1.807, 2.05) is 35.8 Å². The van der Waals surface area contributed by atoms with Crippen molar-refractivity contribution in [2.75, 3.05) is 0 Å². The van der Waals surface area contributed by atoms with Gasteiger partial charge in [0.25, 0.3) is 0 Å². The molecule has 0 spiro atoms. The SMILES string of the molecule is CCn1c(C(C)NS(=O)(=O)c2ccc(Cl)cc2)c(C#N)c2ccccc21. The first-order valence-corrected chi connectivity index (χ1v) is 10.0. The third-order valence-corrected chi connectivity index (χ3v) is 6.11. The molecular formula is C19H18ClN3O2S. The lowest BCUT2D eigenvalue weighted by Crippen LogP contribution is -2.28. The van der Waals surface area contributed by atoms with Crippen molar-refractivity contribution in [3.63, 3.8) is 0 Å². The molecule has 1 atom stereocenters. The number of fused-ring (bicyclic) bond motifs is 1. The van der Waals surface area contributed by atoms with Crippen molar-refractivity contribution in [3.8, 4) is 6.07 Å². The first-order valence-electron chi connectivity index (χ1n) is 8.18. The minimum absolute atomic E-state index is 0.131. The maximum absolute atomic E-state index is 12.7. The van der Waals surface area contributed by atoms with Crippen molar-refractivity contribution in [2.24, 2.45) is 0 Å². The van der Waals surface area contributed by atoms with Gasteiger partial charge < -0.3 is 4.57 Å². The fourth-order valence-electron chi connectivity index (χ4n) is 3.20. The molecule has 0 aliphatic rings. The Balaban J connectivity index is 2.06. The Bertz CT molecular complexity index is 1100. The summed E-state index contributed by atoms with van der Waals surface area (Å²) in [5.74, 6) is 0. The number of nitrogens with one attached hydrogen (secondary N) is 1. The predicted octanol–water partition coefficient (Wildman–Crippen LogP) is 4.23. The first-order chi connectivity index (χ1) is 12.4. The van der Waals surface area contributed by atoms with Crippen molar-refractivity contribution in [3.05, 3.63) is 64.8 Å². The second-order valence-electron chi connectivity index (χ2n) is 5.93. The molecule has 0 saturated carbocycles. The molecule has 1 unspecified atom stereocenters. The number of sulfonamides is 1. The number of nitriles is 1. The maximum Gasteiger partial charge on any atom is 0.241 e. The number of hydrogen-bond donors (Lipinski definition) is 1. The van der Waals surface area contributed by atoms with E-state index in [1.54, 1.807) is 6.92 Å². The van der Waals surface area contributed by atoms with Crippen LogP contribution < -0.4 is 4.72 Å². The van der Waals surface area contributed by atoms with Crippen LogP contribution in [0.25, 0.3) is 10.9 Å². The third-order valence-electron chi connectivity index (χ3n) is 4.31. The van der Waals surface area contributed by atoms with Crippen LogP contribution >= 0.6 is 11.6 Å². The van der Waals surface area contributed by atoms with E-state index in [9.17, 15) is 13.7 Å². The minimum atomic E-state index is -3.74. The van der Waals surface area contributed by atoms with Gasteiger partial charge >= 0.3 is 0 Å². The molecule has 2 aromatic carbocycles. The first kappa shape index (κ1) is 18.5. The van der Waals surface area contributed by atoms with Gasteiger partial charge in [-0.3, -0.25) is 0 Å². The van der Waals surface area contributed by atoms with Crippen LogP contribution in [0, 0.1) is 11.3 Å². The van der Waals surface area contributed by atoms with Gasteiger partial charge in [-0.05, 0) is 44.2 Å². The number of aryl methyl sites for hydroxylation is 1. The molecule has 0 bridgehead atoms. The standard InChI is InChI=1S/C19H18ClN3O2S/c1-3-23-18-7-5-4-6-16(18)17(12-21)19(23)13(2)22-26(24,25)15-10-8-14(20)9-11-15/h4-11,13,22H,3H2,1-2H3. The van der Waals surface area contributed by atoms with E-state index in [0.29, 0.717) is 22.8 Å². The molecule has 1 N–H and O–H groups in total. The molecule has 3 aromatic rings. The van der Waals surface area contributed by atoms with Gasteiger partial charge in [-0.1, -0.05) is 29.8 Å². The molecular weight excluding hydrogens is 370 g/mol. The van der Waals surface area contributed by atoms with Gasteiger partial charge in [-0.25, -0.2) is 13.1 Å². The summed E-state index contributed by atoms with van der Waals surface area (Å²) in [6.07, 6.45) is 0. The Kier molecular flexibility index (Phi) is 5.05. The van der Waals surface area contributed by atoms with E-state index >= 15 is 0 Å². The van der Waals surface area contributed by atoms with Crippen LogP contribution in [0.15, 0.2) is 53.4 Å². The van der Waals surface area contributed by atoms with Crippen molar-refractivity contribution in [2.45, 2.75) is 31.3 Å². The van der Waals surface area contributed by atoms with Gasteiger partial charge in [0.2, 0.25) is 10.0 Å². The molecule has 1 aromatic heterocycles. The van der Waals surface area contributed by atoms with Crippen LogP contribution in [0.2, 0.25) is 5.02 Å². The number of para-hydroxylation sites is 1. The Labute approximate surface area is 157 Å². The normalized spacial score (nSPS) is 12.8. The number of hydrogen-bond acceptors (Lipinski definition) is 3. The number of aromatic nitrogens is 1. The van der Waals surface area contributed by atoms with E-state index < -0.39 is 16.1 Å². The molecule has 0 aliphatic carbocycles. The average Bonchev–Trinajstić information content (AvgIpc) is 2.95. The zero-order valence-electron chi connectivity index (χ0n) is 14.4. The van der Waals surface area contributed by atoms with Crippen LogP contribution in [0.4, 0.5) is 0 Å². The van der Waals surface area contributed by atoms with E-state index in [2.05, 4.69) is 10.8 Å². The van der Waals surface area contributed by atoms with E-state index in [4.69, 9.17) is 11.6 Å². The Morgan fingerprint density at radius 3 is 2.46 bits per heavy atom. The fourth-order valence-corrected chi connectivity index (χ4v) is 4.54. The zero-order chi connectivity index (χ0) is 18.9. The van der Waals surface area contributed by atoms with Gasteiger partial charge in [-0.2, -0.15) is 5.26 Å². The molecule has 1 heterocycles. The maximum atomic E-state index is 12.7. The summed E-state index contributed by atoms with van der Waals surface area (Å²) in [7, 11) is -3.74. The molecule has 0 aliphatic heterocycles. The second kappa shape index (κ2) is 7.12. The lowest BCUT2D eigenvalue weighted by Gasteiger charge is -2.17. The van der Waals surface area contributed by atoms with Crippen LogP contribution in [0.3, 0.4) is 0 Å². The number of benzene rings is 2. The van der Waals surface area contributed by atoms with Gasteiger partial charge in [0.05, 0.1) is 22.2 Å². The monoisotopic (exact) mass is 387 g/mol. The molecule has 3 rings (SSSR count). The van der Waals surface area contributed by atoms with Crippen molar-refractivity contribution < 1.29 is 8.42 Å². The second-order valence-corrected chi connectivity index (χ2v) is 8.08. The number of halogens is 1. The topological polar surface area (TPSA) is 74.9 Å². The van der Waals surface area contributed by atoms with Crippen LogP contribution in [0.5, 0.6) is 0 Å². The smallest absolute Gasteiger partial charge is 0.241 e. The molecule has 134 valence electrons. The largest absolute Gasteiger partial charge is 0.342 e. The number of nitrogens with zero attached hydrogens (tertiary/aromatic N) is 2. The summed E-state index contributed by atoms with van der Waals surface area (Å²) in [5.41, 5.74) is 2.07. The average molecular weight is 388 g/mol. The van der Waals surface area contributed by atoms with Crippen molar-refractivity contribution in [1.29, 1.82) is 5.26 Å². The van der Waals surface area contributed by atoms with E-state index in [1.165, 1.54) is 24.3 Å². The highest BCUT2D eigenvalue weighted by molar-refractivity contribution is 7.89. The predicted molar refractivity (Wildman–Crippen MR) is 103 cm³/mol. The van der Waals surface area contributed by atoms with E-state index in [0.717, 1.165) is 10.9 Å². The lowest BCUT2D eigenvalue weighted by atomic mass is 10.1. The summed E-state index contributed by atoms with van der Waals surface area (Å²) < 4.78 is 30.0. The highest BCUT2D eigenvalue weighted by Gasteiger charge is 2.25. The van der Waals surface area contributed by atoms with Crippen LogP contribution in [-0.4, -0.2) is 13.0 Å². The van der Waals surface area contributed by atoms with Crippen molar-refractivity contribution in [1.82, 2.24) is 9.29 Å². The lowest BCUT2D eigenvalue weighted by molar-refractivity contribution is 0.555. The molecule has 0 amide bonds. The molecule has 0 radical (unpaired) electrons. The Morgan fingerprint density at radius 2 is 1.85 bits per heavy atom. The highest BCUT2D eigenvalue weighted by atomic mass is 35.5. The zero-order valence-corrected chi connectivity index (χ0v) is 16.0. The summed E-state index contributed by atoms with van der Waals surface area (Å²) in [4.78, 5) is 0.131. The Hall–Kier alpha value is -2.33. The van der Waals surface area contributed by atoms with Crippen LogP contribution in [0.1, 0.15) is 31.1 Å².